The average Bonchev–Trinajstić information content (AvgIpc) is 3.32. The maximum absolute atomic E-state index is 13.3. The Kier molecular flexibility index (Phi) is 5.34. The lowest BCUT2D eigenvalue weighted by Crippen LogP contribution is -2.35. The lowest BCUT2D eigenvalue weighted by Gasteiger charge is -2.28. The normalized spacial score (nSPS) is 14.5. The highest BCUT2D eigenvalue weighted by Gasteiger charge is 2.40. The fraction of sp³-hybridized carbons (Fsp3) is 0.421. The molecule has 1 saturated carbocycles. The van der Waals surface area contributed by atoms with E-state index in [0.717, 1.165) is 12.8 Å². The van der Waals surface area contributed by atoms with Crippen LogP contribution in [0, 0.1) is 10.1 Å². The van der Waals surface area contributed by atoms with Gasteiger partial charge in [0, 0.05) is 12.1 Å². The van der Waals surface area contributed by atoms with E-state index in [1.165, 1.54) is 19.2 Å². The number of carbonyl (C=O) groups is 1. The summed E-state index contributed by atoms with van der Waals surface area (Å²) in [6, 6.07) is 5.88. The predicted octanol–water partition coefficient (Wildman–Crippen LogP) is 3.96. The lowest BCUT2D eigenvalue weighted by atomic mass is 10.1. The van der Waals surface area contributed by atoms with Crippen LogP contribution in [0.2, 0.25) is 0 Å². The Morgan fingerprint density at radius 3 is 2.67 bits per heavy atom. The Balaban J connectivity index is 2.05. The van der Waals surface area contributed by atoms with Crippen LogP contribution in [-0.4, -0.2) is 35.5 Å². The number of nitrogens with zero attached hydrogens (tertiary/aromatic N) is 2. The Hall–Kier alpha value is -3.03. The van der Waals surface area contributed by atoms with Crippen molar-refractivity contribution in [3.8, 4) is 11.5 Å². The van der Waals surface area contributed by atoms with Crippen molar-refractivity contribution in [3.63, 3.8) is 0 Å². The summed E-state index contributed by atoms with van der Waals surface area (Å²) in [7, 11) is 1.40. The molecule has 8 nitrogen and oxygen atoms in total. The van der Waals surface area contributed by atoms with E-state index in [1.807, 2.05) is 6.92 Å². The minimum atomic E-state index is -0.575. The van der Waals surface area contributed by atoms with Gasteiger partial charge in [0.05, 0.1) is 37.0 Å². The monoisotopic (exact) mass is 374 g/mol. The molecular formula is C19H22N2O6. The summed E-state index contributed by atoms with van der Waals surface area (Å²) in [5, 5.41) is 11.6. The van der Waals surface area contributed by atoms with Crippen LogP contribution in [-0.2, 0) is 0 Å². The Morgan fingerprint density at radius 2 is 2.15 bits per heavy atom. The van der Waals surface area contributed by atoms with Gasteiger partial charge in [-0.2, -0.15) is 0 Å². The SMILES string of the molecule is CCOc1cc(C(=O)N(C2CC2)C(C)c2ccco2)c([N+](=O)[O-])cc1OC. The number of hydrogen-bond donors (Lipinski definition) is 0. The first kappa shape index (κ1) is 18.8. The summed E-state index contributed by atoms with van der Waals surface area (Å²) < 4.78 is 16.1. The van der Waals surface area contributed by atoms with E-state index in [1.54, 1.807) is 30.2 Å². The third-order valence-electron chi connectivity index (χ3n) is 4.56. The first-order valence-corrected chi connectivity index (χ1v) is 8.83. The molecule has 2 aromatic rings. The number of carbonyl (C=O) groups excluding carboxylic acids is 1. The van der Waals surface area contributed by atoms with Crippen molar-refractivity contribution in [2.45, 2.75) is 38.8 Å². The van der Waals surface area contributed by atoms with Gasteiger partial charge in [-0.25, -0.2) is 0 Å². The molecule has 1 amide bonds. The molecule has 0 saturated heterocycles. The van der Waals surface area contributed by atoms with E-state index in [0.29, 0.717) is 18.1 Å². The van der Waals surface area contributed by atoms with Gasteiger partial charge in [-0.05, 0) is 38.8 Å². The smallest absolute Gasteiger partial charge is 0.286 e. The minimum Gasteiger partial charge on any atom is -0.493 e. The number of rotatable bonds is 8. The molecule has 27 heavy (non-hydrogen) atoms. The minimum absolute atomic E-state index is 0.0189. The van der Waals surface area contributed by atoms with Gasteiger partial charge < -0.3 is 18.8 Å². The van der Waals surface area contributed by atoms with E-state index in [-0.39, 0.29) is 29.1 Å². The standard InChI is InChI=1S/C19H22N2O6/c1-4-26-18-10-14(15(21(23)24)11-17(18)25-3)19(22)20(13-7-8-13)12(2)16-6-5-9-27-16/h5-6,9-13H,4,7-8H2,1-3H3. The number of methoxy groups -OCH3 is 1. The highest BCUT2D eigenvalue weighted by molar-refractivity contribution is 5.99. The highest BCUT2D eigenvalue weighted by atomic mass is 16.6. The van der Waals surface area contributed by atoms with Crippen LogP contribution in [0.15, 0.2) is 34.9 Å². The van der Waals surface area contributed by atoms with Gasteiger partial charge in [0.2, 0.25) is 0 Å². The first-order chi connectivity index (χ1) is 13.0. The first-order valence-electron chi connectivity index (χ1n) is 8.83. The van der Waals surface area contributed by atoms with E-state index < -0.39 is 10.8 Å². The van der Waals surface area contributed by atoms with Crippen LogP contribution < -0.4 is 9.47 Å². The fourth-order valence-corrected chi connectivity index (χ4v) is 3.12. The second-order valence-electron chi connectivity index (χ2n) is 6.35. The number of hydrogen-bond acceptors (Lipinski definition) is 6. The number of benzene rings is 1. The van der Waals surface area contributed by atoms with Gasteiger partial charge >= 0.3 is 0 Å². The zero-order valence-corrected chi connectivity index (χ0v) is 15.5. The van der Waals surface area contributed by atoms with Crippen LogP contribution >= 0.6 is 0 Å². The molecule has 0 N–H and O–H groups in total. The van der Waals surface area contributed by atoms with E-state index >= 15 is 0 Å². The topological polar surface area (TPSA) is 95.0 Å². The molecule has 1 fully saturated rings. The van der Waals surface area contributed by atoms with E-state index in [4.69, 9.17) is 13.9 Å². The molecule has 1 aromatic carbocycles. The van der Waals surface area contributed by atoms with Gasteiger partial charge in [0.25, 0.3) is 11.6 Å². The molecule has 3 rings (SSSR count). The molecule has 0 spiro atoms. The molecule has 0 aliphatic heterocycles. The highest BCUT2D eigenvalue weighted by Crippen LogP contribution is 2.40. The molecule has 0 bridgehead atoms. The van der Waals surface area contributed by atoms with Crippen molar-refractivity contribution in [1.29, 1.82) is 0 Å². The van der Waals surface area contributed by atoms with Crippen molar-refractivity contribution in [2.75, 3.05) is 13.7 Å². The van der Waals surface area contributed by atoms with Crippen molar-refractivity contribution in [2.24, 2.45) is 0 Å². The summed E-state index contributed by atoms with van der Waals surface area (Å²) in [5.74, 6) is 0.737. The Labute approximate surface area is 156 Å². The second-order valence-corrected chi connectivity index (χ2v) is 6.35. The van der Waals surface area contributed by atoms with Gasteiger partial charge in [0.15, 0.2) is 11.5 Å². The summed E-state index contributed by atoms with van der Waals surface area (Å²) in [6.45, 7) is 3.99. The third kappa shape index (κ3) is 3.74. The summed E-state index contributed by atoms with van der Waals surface area (Å²) in [4.78, 5) is 26.0. The van der Waals surface area contributed by atoms with Crippen molar-refractivity contribution >= 4 is 11.6 Å². The maximum Gasteiger partial charge on any atom is 0.286 e. The summed E-state index contributed by atoms with van der Waals surface area (Å²) >= 11 is 0. The number of furan rings is 1. The van der Waals surface area contributed by atoms with Crippen molar-refractivity contribution in [1.82, 2.24) is 4.90 Å². The van der Waals surface area contributed by atoms with Gasteiger partial charge in [-0.1, -0.05) is 0 Å². The summed E-state index contributed by atoms with van der Waals surface area (Å²) in [6.07, 6.45) is 3.27. The van der Waals surface area contributed by atoms with E-state index in [2.05, 4.69) is 0 Å². The molecule has 1 aliphatic carbocycles. The molecule has 1 aliphatic rings. The molecule has 0 radical (unpaired) electrons. The molecule has 8 heteroatoms. The van der Waals surface area contributed by atoms with Crippen molar-refractivity contribution < 1.29 is 23.6 Å². The Bertz CT molecular complexity index is 829. The maximum atomic E-state index is 13.3. The van der Waals surface area contributed by atoms with Crippen LogP contribution in [0.3, 0.4) is 0 Å². The molecule has 1 aromatic heterocycles. The zero-order valence-electron chi connectivity index (χ0n) is 15.5. The molecule has 1 heterocycles. The third-order valence-corrected chi connectivity index (χ3v) is 4.56. The van der Waals surface area contributed by atoms with Crippen LogP contribution in [0.4, 0.5) is 5.69 Å². The quantitative estimate of drug-likeness (QED) is 0.513. The summed E-state index contributed by atoms with van der Waals surface area (Å²) in [5.41, 5.74) is -0.327. The van der Waals surface area contributed by atoms with Gasteiger partial charge in [0.1, 0.15) is 11.3 Å². The number of nitro benzene ring substituents is 1. The average molecular weight is 374 g/mol. The Morgan fingerprint density at radius 1 is 1.41 bits per heavy atom. The van der Waals surface area contributed by atoms with Gasteiger partial charge in [-0.15, -0.1) is 0 Å². The molecule has 1 unspecified atom stereocenters. The zero-order chi connectivity index (χ0) is 19.6. The largest absolute Gasteiger partial charge is 0.493 e. The van der Waals surface area contributed by atoms with Crippen LogP contribution in [0.25, 0.3) is 0 Å². The van der Waals surface area contributed by atoms with Crippen LogP contribution in [0.5, 0.6) is 11.5 Å². The fourth-order valence-electron chi connectivity index (χ4n) is 3.12. The molecular weight excluding hydrogens is 352 g/mol. The lowest BCUT2D eigenvalue weighted by molar-refractivity contribution is -0.385. The van der Waals surface area contributed by atoms with Gasteiger partial charge in [-0.3, -0.25) is 14.9 Å². The number of amides is 1. The van der Waals surface area contributed by atoms with E-state index in [9.17, 15) is 14.9 Å². The van der Waals surface area contributed by atoms with Crippen molar-refractivity contribution in [3.05, 3.63) is 52.0 Å². The van der Waals surface area contributed by atoms with Crippen LogP contribution in [0.1, 0.15) is 48.8 Å². The molecule has 144 valence electrons. The molecule has 1 atom stereocenters. The number of ether oxygens (including phenoxy) is 2. The predicted molar refractivity (Wildman–Crippen MR) is 97.1 cm³/mol. The number of nitro groups is 1. The second kappa shape index (κ2) is 7.69.